The van der Waals surface area contributed by atoms with Gasteiger partial charge in [-0.15, -0.1) is 0 Å². The summed E-state index contributed by atoms with van der Waals surface area (Å²) in [6.07, 6.45) is 2.17. The Kier molecular flexibility index (Phi) is 4.84. The molecule has 82 valence electrons. The third-order valence-corrected chi connectivity index (χ3v) is 3.67. The maximum atomic E-state index is 3.41. The maximum absolute atomic E-state index is 3.41. The molecule has 0 radical (unpaired) electrons. The molecule has 0 saturated heterocycles. The highest BCUT2D eigenvalue weighted by Gasteiger charge is 2.12. The molecule has 2 heteroatoms. The summed E-state index contributed by atoms with van der Waals surface area (Å²) >= 11 is 5.78. The molecule has 0 aliphatic heterocycles. The van der Waals surface area contributed by atoms with Crippen molar-refractivity contribution in [2.45, 2.75) is 26.2 Å². The van der Waals surface area contributed by atoms with Gasteiger partial charge in [-0.2, -0.15) is 0 Å². The van der Waals surface area contributed by atoms with Crippen molar-refractivity contribution in [3.05, 3.63) is 41.5 Å². The first-order chi connectivity index (χ1) is 6.95. The second-order valence-electron chi connectivity index (χ2n) is 4.53. The standard InChI is InChI=1S/C13H16BrI/c1-13(2,3)11-6-4-10(5-7-11)12(15)8-9-14/h4-8H,9H2,1-3H3. The first kappa shape index (κ1) is 13.2. The average molecular weight is 379 g/mol. The van der Waals surface area contributed by atoms with Crippen LogP contribution in [0.15, 0.2) is 30.3 Å². The quantitative estimate of drug-likeness (QED) is 0.492. The van der Waals surface area contributed by atoms with Gasteiger partial charge < -0.3 is 0 Å². The fraction of sp³-hybridized carbons (Fsp3) is 0.385. The zero-order valence-electron chi connectivity index (χ0n) is 9.35. The molecule has 0 aromatic heterocycles. The van der Waals surface area contributed by atoms with Crippen molar-refractivity contribution in [2.24, 2.45) is 0 Å². The molecule has 0 fully saturated rings. The molecule has 15 heavy (non-hydrogen) atoms. The zero-order chi connectivity index (χ0) is 11.5. The molecule has 0 heterocycles. The number of benzene rings is 1. The van der Waals surface area contributed by atoms with E-state index in [4.69, 9.17) is 0 Å². The van der Waals surface area contributed by atoms with E-state index in [1.165, 1.54) is 14.7 Å². The number of alkyl halides is 1. The summed E-state index contributed by atoms with van der Waals surface area (Å²) in [7, 11) is 0. The minimum absolute atomic E-state index is 0.239. The highest BCUT2D eigenvalue weighted by atomic mass is 127. The van der Waals surface area contributed by atoms with Gasteiger partial charge in [0.15, 0.2) is 0 Å². The second-order valence-corrected chi connectivity index (χ2v) is 6.34. The molecule has 0 saturated carbocycles. The van der Waals surface area contributed by atoms with Crippen molar-refractivity contribution in [3.63, 3.8) is 0 Å². The van der Waals surface area contributed by atoms with E-state index in [2.05, 4.69) is 89.6 Å². The first-order valence-corrected chi connectivity index (χ1v) is 7.17. The Bertz CT molecular complexity index is 344. The Hall–Kier alpha value is 0.170. The molecule has 0 bridgehead atoms. The number of halogens is 2. The average Bonchev–Trinajstić information content (AvgIpc) is 2.17. The van der Waals surface area contributed by atoms with Crippen molar-refractivity contribution in [2.75, 3.05) is 5.33 Å². The second kappa shape index (κ2) is 5.48. The van der Waals surface area contributed by atoms with Crippen LogP contribution in [0.3, 0.4) is 0 Å². The summed E-state index contributed by atoms with van der Waals surface area (Å²) in [5.74, 6) is 0. The van der Waals surface area contributed by atoms with Gasteiger partial charge in [0.25, 0.3) is 0 Å². The summed E-state index contributed by atoms with van der Waals surface area (Å²) in [5.41, 5.74) is 2.92. The van der Waals surface area contributed by atoms with Crippen LogP contribution in [0.4, 0.5) is 0 Å². The number of rotatable bonds is 2. The molecule has 0 unspecified atom stereocenters. The van der Waals surface area contributed by atoms with E-state index < -0.39 is 0 Å². The topological polar surface area (TPSA) is 0 Å². The summed E-state index contributed by atoms with van der Waals surface area (Å²) in [4.78, 5) is 0. The summed E-state index contributed by atoms with van der Waals surface area (Å²) in [6, 6.07) is 8.83. The highest BCUT2D eigenvalue weighted by Crippen LogP contribution is 2.26. The van der Waals surface area contributed by atoms with Crippen molar-refractivity contribution in [1.82, 2.24) is 0 Å². The predicted molar refractivity (Wildman–Crippen MR) is 80.9 cm³/mol. The number of allylic oxidation sites excluding steroid dienone is 1. The Morgan fingerprint density at radius 1 is 1.27 bits per heavy atom. The van der Waals surface area contributed by atoms with Gasteiger partial charge in [-0.1, -0.05) is 67.0 Å². The first-order valence-electron chi connectivity index (χ1n) is 4.97. The molecule has 0 aliphatic carbocycles. The molecule has 0 aliphatic rings. The van der Waals surface area contributed by atoms with Gasteiger partial charge >= 0.3 is 0 Å². The van der Waals surface area contributed by atoms with E-state index in [1.54, 1.807) is 0 Å². The third-order valence-electron chi connectivity index (χ3n) is 2.28. The third kappa shape index (κ3) is 3.91. The van der Waals surface area contributed by atoms with Gasteiger partial charge in [0.1, 0.15) is 0 Å². The molecular weight excluding hydrogens is 363 g/mol. The molecule has 1 aromatic carbocycles. The Morgan fingerprint density at radius 2 is 1.80 bits per heavy atom. The lowest BCUT2D eigenvalue weighted by Gasteiger charge is -2.19. The van der Waals surface area contributed by atoms with Crippen molar-refractivity contribution < 1.29 is 0 Å². The summed E-state index contributed by atoms with van der Waals surface area (Å²) in [5, 5.41) is 0.909. The molecule has 1 rings (SSSR count). The van der Waals surface area contributed by atoms with E-state index in [-0.39, 0.29) is 5.41 Å². The lowest BCUT2D eigenvalue weighted by molar-refractivity contribution is 0.590. The Balaban J connectivity index is 2.96. The van der Waals surface area contributed by atoms with Crippen molar-refractivity contribution >= 4 is 42.1 Å². The molecule has 0 atom stereocenters. The molecule has 0 amide bonds. The number of hydrogen-bond donors (Lipinski definition) is 0. The fourth-order valence-electron chi connectivity index (χ4n) is 1.32. The summed E-state index contributed by atoms with van der Waals surface area (Å²) in [6.45, 7) is 6.71. The van der Waals surface area contributed by atoms with Crippen LogP contribution in [0.25, 0.3) is 3.58 Å². The molecule has 0 nitrogen and oxygen atoms in total. The minimum atomic E-state index is 0.239. The normalized spacial score (nSPS) is 13.0. The summed E-state index contributed by atoms with van der Waals surface area (Å²) < 4.78 is 1.30. The van der Waals surface area contributed by atoms with Crippen LogP contribution in [0.5, 0.6) is 0 Å². The van der Waals surface area contributed by atoms with Gasteiger partial charge in [0.05, 0.1) is 0 Å². The largest absolute Gasteiger partial charge is 0.0882 e. The maximum Gasteiger partial charge on any atom is 0.0225 e. The highest BCUT2D eigenvalue weighted by molar-refractivity contribution is 14.1. The zero-order valence-corrected chi connectivity index (χ0v) is 13.1. The number of hydrogen-bond acceptors (Lipinski definition) is 0. The monoisotopic (exact) mass is 378 g/mol. The molecule has 0 N–H and O–H groups in total. The Morgan fingerprint density at radius 3 is 2.20 bits per heavy atom. The van der Waals surface area contributed by atoms with Crippen LogP contribution >= 0.6 is 38.5 Å². The van der Waals surface area contributed by atoms with Crippen LogP contribution in [-0.4, -0.2) is 5.33 Å². The van der Waals surface area contributed by atoms with Crippen molar-refractivity contribution in [3.8, 4) is 0 Å². The van der Waals surface area contributed by atoms with Crippen LogP contribution in [0.1, 0.15) is 31.9 Å². The fourth-order valence-corrected chi connectivity index (χ4v) is 2.82. The van der Waals surface area contributed by atoms with Gasteiger partial charge in [0, 0.05) is 8.91 Å². The molecule has 1 aromatic rings. The van der Waals surface area contributed by atoms with Gasteiger partial charge in [-0.05, 0) is 39.1 Å². The van der Waals surface area contributed by atoms with E-state index >= 15 is 0 Å². The predicted octanol–water partition coefficient (Wildman–Crippen LogP) is 5.15. The van der Waals surface area contributed by atoms with Gasteiger partial charge in [-0.3, -0.25) is 0 Å². The van der Waals surface area contributed by atoms with Crippen molar-refractivity contribution in [1.29, 1.82) is 0 Å². The Labute approximate surface area is 114 Å². The van der Waals surface area contributed by atoms with Gasteiger partial charge in [0.2, 0.25) is 0 Å². The van der Waals surface area contributed by atoms with Crippen LogP contribution in [0, 0.1) is 0 Å². The molecule has 0 spiro atoms. The SMILES string of the molecule is CC(C)(C)c1ccc(C(I)=CCBr)cc1. The van der Waals surface area contributed by atoms with E-state index in [0.717, 1.165) is 5.33 Å². The van der Waals surface area contributed by atoms with E-state index in [1.807, 2.05) is 0 Å². The van der Waals surface area contributed by atoms with Gasteiger partial charge in [-0.25, -0.2) is 0 Å². The smallest absolute Gasteiger partial charge is 0.0225 e. The van der Waals surface area contributed by atoms with Crippen LogP contribution in [0.2, 0.25) is 0 Å². The van der Waals surface area contributed by atoms with E-state index in [0.29, 0.717) is 0 Å². The lowest BCUT2D eigenvalue weighted by Crippen LogP contribution is -2.10. The molecular formula is C13H16BrI. The van der Waals surface area contributed by atoms with E-state index in [9.17, 15) is 0 Å². The van der Waals surface area contributed by atoms with Crippen LogP contribution < -0.4 is 0 Å². The lowest BCUT2D eigenvalue weighted by atomic mass is 9.87. The van der Waals surface area contributed by atoms with Crippen LogP contribution in [-0.2, 0) is 5.41 Å². The minimum Gasteiger partial charge on any atom is -0.0882 e.